The van der Waals surface area contributed by atoms with Gasteiger partial charge in [-0.05, 0) is 48.6 Å². The first kappa shape index (κ1) is 14.4. The molecule has 2 aromatic rings. The number of hydrogen-bond acceptors (Lipinski definition) is 1. The van der Waals surface area contributed by atoms with Crippen molar-refractivity contribution in [3.8, 4) is 5.75 Å². The molecule has 0 radical (unpaired) electrons. The van der Waals surface area contributed by atoms with Crippen LogP contribution in [0.2, 0.25) is 0 Å². The number of rotatable bonds is 2. The van der Waals surface area contributed by atoms with Gasteiger partial charge in [-0.3, -0.25) is 0 Å². The summed E-state index contributed by atoms with van der Waals surface area (Å²) in [7, 11) is 0. The molecule has 1 heteroatoms. The minimum absolute atomic E-state index is 0.319. The molecule has 1 N–H and O–H groups in total. The quantitative estimate of drug-likeness (QED) is 0.783. The van der Waals surface area contributed by atoms with E-state index in [1.165, 1.54) is 22.3 Å². The van der Waals surface area contributed by atoms with E-state index in [2.05, 4.69) is 50.3 Å². The predicted octanol–water partition coefficient (Wildman–Crippen LogP) is 5.41. The summed E-state index contributed by atoms with van der Waals surface area (Å²) in [6.07, 6.45) is 7.54. The lowest BCUT2D eigenvalue weighted by atomic mass is 9.85. The fraction of sp³-hybridized carbons (Fsp3) is 0.143. The number of allylic oxidation sites excluding steroid dienone is 5. The number of hydrogen-bond donors (Lipinski definition) is 1. The lowest BCUT2D eigenvalue weighted by molar-refractivity contribution is 0.473. The van der Waals surface area contributed by atoms with Crippen LogP contribution in [0.1, 0.15) is 30.0 Å². The van der Waals surface area contributed by atoms with E-state index < -0.39 is 0 Å². The Morgan fingerprint density at radius 1 is 0.909 bits per heavy atom. The average Bonchev–Trinajstić information content (AvgIpc) is 2.53. The average molecular weight is 288 g/mol. The van der Waals surface area contributed by atoms with E-state index in [0.717, 1.165) is 17.6 Å². The Labute approximate surface area is 131 Å². The molecule has 22 heavy (non-hydrogen) atoms. The van der Waals surface area contributed by atoms with Crippen LogP contribution in [0, 0.1) is 6.92 Å². The molecule has 110 valence electrons. The van der Waals surface area contributed by atoms with Crippen LogP contribution in [-0.2, 0) is 0 Å². The molecule has 0 heterocycles. The zero-order valence-corrected chi connectivity index (χ0v) is 13.0. The third kappa shape index (κ3) is 2.62. The summed E-state index contributed by atoms with van der Waals surface area (Å²) in [5, 5.41) is 10.4. The fourth-order valence-corrected chi connectivity index (χ4v) is 2.93. The molecule has 3 rings (SSSR count). The van der Waals surface area contributed by atoms with Gasteiger partial charge in [-0.15, -0.1) is 0 Å². The first-order valence-corrected chi connectivity index (χ1v) is 7.61. The third-order valence-electron chi connectivity index (χ3n) is 4.13. The van der Waals surface area contributed by atoms with Crippen molar-refractivity contribution in [3.63, 3.8) is 0 Å². The molecule has 1 aliphatic rings. The summed E-state index contributed by atoms with van der Waals surface area (Å²) >= 11 is 0. The van der Waals surface area contributed by atoms with Gasteiger partial charge in [-0.1, -0.05) is 60.7 Å². The zero-order valence-electron chi connectivity index (χ0n) is 13.0. The van der Waals surface area contributed by atoms with Crippen molar-refractivity contribution in [2.24, 2.45) is 0 Å². The van der Waals surface area contributed by atoms with Crippen LogP contribution < -0.4 is 0 Å². The van der Waals surface area contributed by atoms with E-state index in [1.54, 1.807) is 6.07 Å². The summed E-state index contributed by atoms with van der Waals surface area (Å²) in [6, 6.07) is 15.9. The second kappa shape index (κ2) is 6.07. The van der Waals surface area contributed by atoms with Gasteiger partial charge in [0, 0.05) is 11.1 Å². The van der Waals surface area contributed by atoms with E-state index in [4.69, 9.17) is 0 Å². The minimum atomic E-state index is 0.319. The summed E-state index contributed by atoms with van der Waals surface area (Å²) in [6.45, 7) is 4.25. The van der Waals surface area contributed by atoms with Crippen molar-refractivity contribution in [1.29, 1.82) is 0 Å². The highest BCUT2D eigenvalue weighted by Crippen LogP contribution is 2.37. The molecule has 0 spiro atoms. The van der Waals surface area contributed by atoms with Crippen LogP contribution in [0.15, 0.2) is 77.9 Å². The van der Waals surface area contributed by atoms with Gasteiger partial charge < -0.3 is 5.11 Å². The molecule has 0 saturated carbocycles. The summed E-state index contributed by atoms with van der Waals surface area (Å²) in [4.78, 5) is 0. The minimum Gasteiger partial charge on any atom is -0.507 e. The molecule has 1 nitrogen and oxygen atoms in total. The Morgan fingerprint density at radius 2 is 1.59 bits per heavy atom. The molecule has 0 aromatic heterocycles. The number of para-hydroxylation sites is 1. The Kier molecular flexibility index (Phi) is 3.97. The molecule has 0 saturated heterocycles. The van der Waals surface area contributed by atoms with Crippen LogP contribution in [0.4, 0.5) is 0 Å². The van der Waals surface area contributed by atoms with Crippen LogP contribution in [0.25, 0.3) is 5.57 Å². The van der Waals surface area contributed by atoms with Gasteiger partial charge in [0.2, 0.25) is 0 Å². The Hall–Kier alpha value is -2.54. The molecular weight excluding hydrogens is 268 g/mol. The first-order chi connectivity index (χ1) is 10.7. The predicted molar refractivity (Wildman–Crippen MR) is 92.8 cm³/mol. The molecule has 0 bridgehead atoms. The van der Waals surface area contributed by atoms with Crippen molar-refractivity contribution in [1.82, 2.24) is 0 Å². The number of aryl methyl sites for hydroxylation is 1. The number of phenols is 1. The summed E-state index contributed by atoms with van der Waals surface area (Å²) < 4.78 is 0. The highest BCUT2D eigenvalue weighted by molar-refractivity contribution is 5.89. The van der Waals surface area contributed by atoms with Crippen LogP contribution >= 0.6 is 0 Å². The largest absolute Gasteiger partial charge is 0.507 e. The van der Waals surface area contributed by atoms with E-state index >= 15 is 0 Å². The normalized spacial score (nSPS) is 16.4. The second-order valence-corrected chi connectivity index (χ2v) is 5.65. The lowest BCUT2D eigenvalue weighted by Crippen LogP contribution is -1.99. The van der Waals surface area contributed by atoms with Crippen LogP contribution in [0.5, 0.6) is 5.75 Å². The zero-order chi connectivity index (χ0) is 15.5. The van der Waals surface area contributed by atoms with Crippen molar-refractivity contribution in [3.05, 3.63) is 94.6 Å². The first-order valence-electron chi connectivity index (χ1n) is 7.61. The SMILES string of the molecule is CC1=CCC=C/C1=C(/c1ccccc1C)c1ccccc1O. The maximum Gasteiger partial charge on any atom is 0.123 e. The topological polar surface area (TPSA) is 20.2 Å². The summed E-state index contributed by atoms with van der Waals surface area (Å²) in [5.41, 5.74) is 6.79. The van der Waals surface area contributed by atoms with E-state index in [9.17, 15) is 5.11 Å². The van der Waals surface area contributed by atoms with E-state index in [-0.39, 0.29) is 0 Å². The highest BCUT2D eigenvalue weighted by atomic mass is 16.3. The van der Waals surface area contributed by atoms with Crippen molar-refractivity contribution in [2.75, 3.05) is 0 Å². The van der Waals surface area contributed by atoms with Crippen LogP contribution in [-0.4, -0.2) is 5.11 Å². The van der Waals surface area contributed by atoms with Gasteiger partial charge >= 0.3 is 0 Å². The maximum absolute atomic E-state index is 10.4. The monoisotopic (exact) mass is 288 g/mol. The van der Waals surface area contributed by atoms with Gasteiger partial charge in [-0.2, -0.15) is 0 Å². The number of aromatic hydroxyl groups is 1. The maximum atomic E-state index is 10.4. The third-order valence-corrected chi connectivity index (χ3v) is 4.13. The molecule has 1 aliphatic carbocycles. The number of benzene rings is 2. The highest BCUT2D eigenvalue weighted by Gasteiger charge is 2.17. The van der Waals surface area contributed by atoms with Crippen molar-refractivity contribution in [2.45, 2.75) is 20.3 Å². The van der Waals surface area contributed by atoms with Gasteiger partial charge in [0.1, 0.15) is 5.75 Å². The van der Waals surface area contributed by atoms with E-state index in [1.807, 2.05) is 24.3 Å². The molecule has 0 aliphatic heterocycles. The fourth-order valence-electron chi connectivity index (χ4n) is 2.93. The lowest BCUT2D eigenvalue weighted by Gasteiger charge is -2.19. The summed E-state index contributed by atoms with van der Waals surface area (Å²) in [5.74, 6) is 0.319. The standard InChI is InChI=1S/C21H20O/c1-15-9-3-5-11-17(15)21(18-12-6-4-10-16(18)2)19-13-7-8-14-20(19)22/h3,5-14,22H,4H2,1-2H3/b21-18+. The van der Waals surface area contributed by atoms with Gasteiger partial charge in [-0.25, -0.2) is 0 Å². The molecule has 2 aromatic carbocycles. The van der Waals surface area contributed by atoms with Gasteiger partial charge in [0.15, 0.2) is 0 Å². The molecule has 0 unspecified atom stereocenters. The smallest absolute Gasteiger partial charge is 0.123 e. The van der Waals surface area contributed by atoms with Crippen LogP contribution in [0.3, 0.4) is 0 Å². The molecule has 0 fully saturated rings. The number of phenolic OH excluding ortho intramolecular Hbond substituents is 1. The Balaban J connectivity index is 2.34. The second-order valence-electron chi connectivity index (χ2n) is 5.65. The Bertz CT molecular complexity index is 744. The van der Waals surface area contributed by atoms with E-state index in [0.29, 0.717) is 5.75 Å². The van der Waals surface area contributed by atoms with Crippen molar-refractivity contribution >= 4 is 5.57 Å². The van der Waals surface area contributed by atoms with Crippen molar-refractivity contribution < 1.29 is 5.11 Å². The molecule has 0 atom stereocenters. The molecule has 0 amide bonds. The van der Waals surface area contributed by atoms with Gasteiger partial charge in [0.05, 0.1) is 0 Å². The van der Waals surface area contributed by atoms with Gasteiger partial charge in [0.25, 0.3) is 0 Å². The Morgan fingerprint density at radius 3 is 2.27 bits per heavy atom. The molecular formula is C21H20O.